The van der Waals surface area contributed by atoms with E-state index in [2.05, 4.69) is 41.2 Å². The number of aliphatic imine (C=N–C) groups is 1. The zero-order valence-electron chi connectivity index (χ0n) is 27.6. The molecule has 0 aliphatic carbocycles. The SMILES string of the molecule is CC(=O)N[C@H](Cc1cnc[nH]1)C(=O)N[C@H](Cc1ccccc1)C(=O)N[C@@H](CCCN=C(N)N)C(=O)N[C@@H](Cc1c[nH]c2ccccc12)C(N)=O. The van der Waals surface area contributed by atoms with E-state index in [1.807, 2.05) is 30.3 Å². The van der Waals surface area contributed by atoms with Crippen LogP contribution in [0.4, 0.5) is 0 Å². The topological polar surface area (TPSA) is 268 Å². The van der Waals surface area contributed by atoms with E-state index in [-0.39, 0.29) is 38.2 Å². The van der Waals surface area contributed by atoms with E-state index in [0.29, 0.717) is 12.1 Å². The van der Waals surface area contributed by atoms with Crippen molar-refractivity contribution in [1.82, 2.24) is 36.2 Å². The van der Waals surface area contributed by atoms with Crippen LogP contribution in [0.5, 0.6) is 0 Å². The Hall–Kier alpha value is -6.19. The van der Waals surface area contributed by atoms with Crippen LogP contribution >= 0.6 is 0 Å². The zero-order chi connectivity index (χ0) is 36.0. The minimum absolute atomic E-state index is 0.0715. The average Bonchev–Trinajstić information content (AvgIpc) is 3.75. The molecule has 0 fully saturated rings. The van der Waals surface area contributed by atoms with E-state index in [1.54, 1.807) is 30.5 Å². The number of benzene rings is 2. The van der Waals surface area contributed by atoms with Gasteiger partial charge in [-0.1, -0.05) is 48.5 Å². The number of guanidine groups is 1. The highest BCUT2D eigenvalue weighted by Crippen LogP contribution is 2.19. The maximum atomic E-state index is 14.0. The summed E-state index contributed by atoms with van der Waals surface area (Å²) in [6.45, 7) is 1.46. The van der Waals surface area contributed by atoms with Crippen LogP contribution in [0.2, 0.25) is 0 Å². The predicted octanol–water partition coefficient (Wildman–Crippen LogP) is -0.583. The fraction of sp³-hybridized carbons (Fsp3) is 0.324. The fourth-order valence-electron chi connectivity index (χ4n) is 5.46. The zero-order valence-corrected chi connectivity index (χ0v) is 27.6. The van der Waals surface area contributed by atoms with Gasteiger partial charge in [0.25, 0.3) is 0 Å². The van der Waals surface area contributed by atoms with Gasteiger partial charge in [-0.05, 0) is 30.0 Å². The number of amides is 5. The molecule has 264 valence electrons. The number of fused-ring (bicyclic) bond motifs is 1. The second-order valence-electron chi connectivity index (χ2n) is 11.8. The molecule has 4 aromatic rings. The van der Waals surface area contributed by atoms with Crippen LogP contribution in [-0.4, -0.2) is 81.2 Å². The number of hydrogen-bond donors (Lipinski definition) is 9. The molecule has 5 amide bonds. The van der Waals surface area contributed by atoms with E-state index in [9.17, 15) is 24.0 Å². The van der Waals surface area contributed by atoms with Crippen molar-refractivity contribution in [2.45, 2.75) is 63.2 Å². The highest BCUT2D eigenvalue weighted by molar-refractivity contribution is 5.96. The summed E-state index contributed by atoms with van der Waals surface area (Å²) in [5, 5.41) is 11.7. The number of carbonyl (C=O) groups is 5. The first-order valence-electron chi connectivity index (χ1n) is 16.1. The number of carbonyl (C=O) groups excluding carboxylic acids is 5. The van der Waals surface area contributed by atoms with Crippen LogP contribution in [0.25, 0.3) is 10.9 Å². The van der Waals surface area contributed by atoms with E-state index in [1.165, 1.54) is 19.4 Å². The van der Waals surface area contributed by atoms with Gasteiger partial charge < -0.3 is 48.4 Å². The molecule has 0 radical (unpaired) electrons. The average molecular weight is 686 g/mol. The van der Waals surface area contributed by atoms with Gasteiger partial charge in [0.05, 0.1) is 6.33 Å². The standard InChI is InChI=1S/C34H43N11O5/c1-20(46)42-29(16-23-18-38-19-41-23)33(50)45-28(14-21-8-3-2-4-9-21)32(49)43-26(12-7-13-39-34(36)37)31(48)44-27(30(35)47)15-22-17-40-25-11-6-5-10-24(22)25/h2-6,8-11,17-19,26-29,40H,7,12-16H2,1H3,(H2,35,47)(H,38,41)(H,42,46)(H,43,49)(H,44,48)(H,45,50)(H4,36,37,39)/t26-,27-,28+,29+/m0/s1. The lowest BCUT2D eigenvalue weighted by atomic mass is 10.0. The van der Waals surface area contributed by atoms with Gasteiger partial charge in [0.2, 0.25) is 29.5 Å². The Labute approximate surface area is 288 Å². The van der Waals surface area contributed by atoms with Crippen LogP contribution in [0.15, 0.2) is 78.3 Å². The number of imidazole rings is 1. The quantitative estimate of drug-likeness (QED) is 0.0370. The Balaban J connectivity index is 1.55. The summed E-state index contributed by atoms with van der Waals surface area (Å²) in [5.74, 6) is -3.27. The van der Waals surface area contributed by atoms with E-state index >= 15 is 0 Å². The van der Waals surface area contributed by atoms with Gasteiger partial charge in [0.1, 0.15) is 24.2 Å². The molecule has 4 atom stereocenters. The molecule has 0 saturated carbocycles. The second kappa shape index (κ2) is 17.8. The number of primary amides is 1. The Bertz CT molecular complexity index is 1790. The molecule has 0 bridgehead atoms. The molecule has 0 unspecified atom stereocenters. The maximum absolute atomic E-state index is 14.0. The van der Waals surface area contributed by atoms with Crippen LogP contribution in [0.1, 0.15) is 36.6 Å². The summed E-state index contributed by atoms with van der Waals surface area (Å²) in [5.41, 5.74) is 19.6. The van der Waals surface area contributed by atoms with Gasteiger partial charge >= 0.3 is 0 Å². The Morgan fingerprint density at radius 1 is 0.760 bits per heavy atom. The molecular formula is C34H43N11O5. The highest BCUT2D eigenvalue weighted by Gasteiger charge is 2.31. The molecule has 0 aliphatic rings. The number of nitrogens with zero attached hydrogens (tertiary/aromatic N) is 2. The molecule has 2 heterocycles. The highest BCUT2D eigenvalue weighted by atomic mass is 16.2. The third-order valence-corrected chi connectivity index (χ3v) is 7.93. The lowest BCUT2D eigenvalue weighted by Crippen LogP contribution is -2.59. The Morgan fingerprint density at radius 2 is 1.40 bits per heavy atom. The monoisotopic (exact) mass is 685 g/mol. The molecule has 4 rings (SSSR count). The largest absolute Gasteiger partial charge is 0.370 e. The molecule has 2 aromatic heterocycles. The van der Waals surface area contributed by atoms with E-state index < -0.39 is 53.7 Å². The third-order valence-electron chi connectivity index (χ3n) is 7.93. The Kier molecular flexibility index (Phi) is 13.1. The lowest BCUT2D eigenvalue weighted by Gasteiger charge is -2.26. The summed E-state index contributed by atoms with van der Waals surface area (Å²) in [6.07, 6.45) is 5.38. The summed E-state index contributed by atoms with van der Waals surface area (Å²) in [6, 6.07) is 12.1. The molecule has 50 heavy (non-hydrogen) atoms. The number of rotatable bonds is 18. The lowest BCUT2D eigenvalue weighted by molar-refractivity contribution is -0.134. The van der Waals surface area contributed by atoms with Gasteiger partial charge in [0.15, 0.2) is 5.96 Å². The molecule has 0 aliphatic heterocycles. The van der Waals surface area contributed by atoms with Gasteiger partial charge in [-0.25, -0.2) is 4.98 Å². The summed E-state index contributed by atoms with van der Waals surface area (Å²) < 4.78 is 0. The third kappa shape index (κ3) is 10.9. The second-order valence-corrected chi connectivity index (χ2v) is 11.8. The minimum atomic E-state index is -1.16. The van der Waals surface area contributed by atoms with Gasteiger partial charge in [-0.3, -0.25) is 29.0 Å². The van der Waals surface area contributed by atoms with Gasteiger partial charge in [0, 0.05) is 61.7 Å². The number of aromatic nitrogens is 3. The summed E-state index contributed by atoms with van der Waals surface area (Å²) in [4.78, 5) is 79.7. The molecule has 16 nitrogen and oxygen atoms in total. The summed E-state index contributed by atoms with van der Waals surface area (Å²) >= 11 is 0. The smallest absolute Gasteiger partial charge is 0.243 e. The van der Waals surface area contributed by atoms with Crippen LogP contribution < -0.4 is 38.5 Å². The molecule has 0 saturated heterocycles. The first kappa shape index (κ1) is 36.6. The molecular weight excluding hydrogens is 642 g/mol. The first-order valence-corrected chi connectivity index (χ1v) is 16.1. The van der Waals surface area contributed by atoms with E-state index in [4.69, 9.17) is 17.2 Å². The number of H-pyrrole nitrogens is 2. The van der Waals surface area contributed by atoms with Crippen molar-refractivity contribution >= 4 is 46.4 Å². The van der Waals surface area contributed by atoms with Crippen molar-refractivity contribution in [1.29, 1.82) is 0 Å². The number of hydrogen-bond acceptors (Lipinski definition) is 7. The molecule has 2 aromatic carbocycles. The first-order chi connectivity index (χ1) is 24.0. The predicted molar refractivity (Wildman–Crippen MR) is 187 cm³/mol. The van der Waals surface area contributed by atoms with Crippen molar-refractivity contribution in [3.8, 4) is 0 Å². The van der Waals surface area contributed by atoms with Gasteiger partial charge in [-0.15, -0.1) is 0 Å². The molecule has 16 heteroatoms. The normalized spacial score (nSPS) is 13.3. The summed E-state index contributed by atoms with van der Waals surface area (Å²) in [7, 11) is 0. The van der Waals surface area contributed by atoms with Crippen LogP contribution in [0.3, 0.4) is 0 Å². The van der Waals surface area contributed by atoms with E-state index in [0.717, 1.165) is 22.0 Å². The van der Waals surface area contributed by atoms with Crippen LogP contribution in [-0.2, 0) is 43.2 Å². The number of aromatic amines is 2. The fourth-order valence-corrected chi connectivity index (χ4v) is 5.46. The maximum Gasteiger partial charge on any atom is 0.243 e. The number of nitrogens with one attached hydrogen (secondary N) is 6. The molecule has 0 spiro atoms. The molecule has 12 N–H and O–H groups in total. The van der Waals surface area contributed by atoms with Crippen molar-refractivity contribution < 1.29 is 24.0 Å². The van der Waals surface area contributed by atoms with Crippen molar-refractivity contribution in [2.75, 3.05) is 6.54 Å². The number of nitrogens with two attached hydrogens (primary N) is 3. The van der Waals surface area contributed by atoms with Crippen molar-refractivity contribution in [2.24, 2.45) is 22.2 Å². The number of para-hydroxylation sites is 1. The van der Waals surface area contributed by atoms with Crippen LogP contribution in [0, 0.1) is 0 Å². The Morgan fingerprint density at radius 3 is 2.06 bits per heavy atom. The van der Waals surface area contributed by atoms with Gasteiger partial charge in [-0.2, -0.15) is 0 Å². The van der Waals surface area contributed by atoms with Crippen molar-refractivity contribution in [3.63, 3.8) is 0 Å². The van der Waals surface area contributed by atoms with Crippen molar-refractivity contribution in [3.05, 3.63) is 90.1 Å². The minimum Gasteiger partial charge on any atom is -0.370 e.